The molecule has 1 aliphatic rings. The summed E-state index contributed by atoms with van der Waals surface area (Å²) in [5, 5.41) is 13.3. The van der Waals surface area contributed by atoms with E-state index < -0.39 is 0 Å². The van der Waals surface area contributed by atoms with Crippen LogP contribution in [0.25, 0.3) is 0 Å². The Kier molecular flexibility index (Phi) is 4.83. The van der Waals surface area contributed by atoms with Gasteiger partial charge in [-0.3, -0.25) is 0 Å². The molecule has 2 N–H and O–H groups in total. The standard InChI is InChI=1S/C16H25NO2/c1-11(2)16(10-19-3)17-15-6-4-5-12-9-13(18)7-8-14(12)15/h7-9,11,15-18H,4-6,10H2,1-3H3. The molecule has 2 atom stereocenters. The highest BCUT2D eigenvalue weighted by Crippen LogP contribution is 2.32. The smallest absolute Gasteiger partial charge is 0.115 e. The third-order valence-electron chi connectivity index (χ3n) is 4.01. The summed E-state index contributed by atoms with van der Waals surface area (Å²) in [7, 11) is 1.75. The zero-order chi connectivity index (χ0) is 13.8. The largest absolute Gasteiger partial charge is 0.508 e. The molecule has 0 bridgehead atoms. The Hall–Kier alpha value is -1.06. The Morgan fingerprint density at radius 1 is 1.42 bits per heavy atom. The maximum atomic E-state index is 9.59. The van der Waals surface area contributed by atoms with Crippen LogP contribution in [-0.4, -0.2) is 24.9 Å². The summed E-state index contributed by atoms with van der Waals surface area (Å²) in [5.41, 5.74) is 2.62. The van der Waals surface area contributed by atoms with Gasteiger partial charge in [-0.05, 0) is 48.4 Å². The summed E-state index contributed by atoms with van der Waals surface area (Å²) in [6.07, 6.45) is 3.40. The van der Waals surface area contributed by atoms with E-state index in [4.69, 9.17) is 4.74 Å². The van der Waals surface area contributed by atoms with Crippen LogP contribution in [-0.2, 0) is 11.2 Å². The van der Waals surface area contributed by atoms with Crippen molar-refractivity contribution in [2.24, 2.45) is 5.92 Å². The first-order valence-corrected chi connectivity index (χ1v) is 7.18. The van der Waals surface area contributed by atoms with Crippen LogP contribution in [0.2, 0.25) is 0 Å². The average molecular weight is 263 g/mol. The molecule has 0 radical (unpaired) electrons. The lowest BCUT2D eigenvalue weighted by Gasteiger charge is -2.32. The Labute approximate surface area is 116 Å². The molecule has 0 amide bonds. The van der Waals surface area contributed by atoms with E-state index in [1.54, 1.807) is 13.2 Å². The van der Waals surface area contributed by atoms with E-state index in [2.05, 4.69) is 25.2 Å². The zero-order valence-electron chi connectivity index (χ0n) is 12.1. The molecular weight excluding hydrogens is 238 g/mol. The van der Waals surface area contributed by atoms with Gasteiger partial charge in [0, 0.05) is 19.2 Å². The van der Waals surface area contributed by atoms with E-state index in [9.17, 15) is 5.11 Å². The lowest BCUT2D eigenvalue weighted by Crippen LogP contribution is -2.41. The number of aryl methyl sites for hydroxylation is 1. The van der Waals surface area contributed by atoms with Gasteiger partial charge in [0.2, 0.25) is 0 Å². The maximum absolute atomic E-state index is 9.59. The number of phenolic OH excluding ortho intramolecular Hbond substituents is 1. The van der Waals surface area contributed by atoms with Crippen molar-refractivity contribution >= 4 is 0 Å². The van der Waals surface area contributed by atoms with Crippen LogP contribution >= 0.6 is 0 Å². The molecule has 0 heterocycles. The van der Waals surface area contributed by atoms with Crippen molar-refractivity contribution in [3.05, 3.63) is 29.3 Å². The lowest BCUT2D eigenvalue weighted by molar-refractivity contribution is 0.138. The number of rotatable bonds is 5. The summed E-state index contributed by atoms with van der Waals surface area (Å²) in [6.45, 7) is 5.18. The number of aromatic hydroxyl groups is 1. The van der Waals surface area contributed by atoms with Gasteiger partial charge in [0.05, 0.1) is 6.61 Å². The fourth-order valence-electron chi connectivity index (χ4n) is 2.84. The van der Waals surface area contributed by atoms with Crippen LogP contribution in [0, 0.1) is 5.92 Å². The third kappa shape index (κ3) is 3.48. The van der Waals surface area contributed by atoms with Crippen molar-refractivity contribution in [3.63, 3.8) is 0 Å². The van der Waals surface area contributed by atoms with Crippen molar-refractivity contribution in [2.75, 3.05) is 13.7 Å². The van der Waals surface area contributed by atoms with Gasteiger partial charge in [-0.25, -0.2) is 0 Å². The highest BCUT2D eigenvalue weighted by Gasteiger charge is 2.24. The van der Waals surface area contributed by atoms with E-state index in [1.807, 2.05) is 6.07 Å². The number of hydrogen-bond donors (Lipinski definition) is 2. The summed E-state index contributed by atoms with van der Waals surface area (Å²) < 4.78 is 5.31. The molecule has 0 aliphatic heterocycles. The van der Waals surface area contributed by atoms with Gasteiger partial charge in [0.15, 0.2) is 0 Å². The average Bonchev–Trinajstić information content (AvgIpc) is 2.37. The second kappa shape index (κ2) is 6.40. The number of methoxy groups -OCH3 is 1. The first kappa shape index (κ1) is 14.4. The molecule has 3 nitrogen and oxygen atoms in total. The Morgan fingerprint density at radius 2 is 2.21 bits per heavy atom. The fourth-order valence-corrected chi connectivity index (χ4v) is 2.84. The van der Waals surface area contributed by atoms with Crippen molar-refractivity contribution in [3.8, 4) is 5.75 Å². The second-order valence-corrected chi connectivity index (χ2v) is 5.80. The van der Waals surface area contributed by atoms with Gasteiger partial charge in [-0.1, -0.05) is 19.9 Å². The minimum atomic E-state index is 0.370. The molecule has 0 fully saturated rings. The van der Waals surface area contributed by atoms with E-state index in [1.165, 1.54) is 17.5 Å². The molecule has 0 spiro atoms. The van der Waals surface area contributed by atoms with E-state index in [0.717, 1.165) is 19.4 Å². The van der Waals surface area contributed by atoms with Gasteiger partial charge < -0.3 is 15.2 Å². The van der Waals surface area contributed by atoms with Crippen LogP contribution in [0.1, 0.15) is 43.9 Å². The van der Waals surface area contributed by atoms with Crippen molar-refractivity contribution in [2.45, 2.75) is 45.2 Å². The highest BCUT2D eigenvalue weighted by molar-refractivity contribution is 5.38. The van der Waals surface area contributed by atoms with Gasteiger partial charge in [-0.15, -0.1) is 0 Å². The van der Waals surface area contributed by atoms with Gasteiger partial charge >= 0.3 is 0 Å². The topological polar surface area (TPSA) is 41.5 Å². The second-order valence-electron chi connectivity index (χ2n) is 5.80. The quantitative estimate of drug-likeness (QED) is 0.858. The van der Waals surface area contributed by atoms with Crippen LogP contribution in [0.5, 0.6) is 5.75 Å². The monoisotopic (exact) mass is 263 g/mol. The number of phenols is 1. The van der Waals surface area contributed by atoms with Gasteiger partial charge in [0.25, 0.3) is 0 Å². The maximum Gasteiger partial charge on any atom is 0.115 e. The fraction of sp³-hybridized carbons (Fsp3) is 0.625. The highest BCUT2D eigenvalue weighted by atomic mass is 16.5. The first-order chi connectivity index (χ1) is 9.11. The normalized spacial score (nSPS) is 20.3. The number of nitrogens with one attached hydrogen (secondary N) is 1. The predicted molar refractivity (Wildman–Crippen MR) is 77.4 cm³/mol. The SMILES string of the molecule is COCC(NC1CCCc2cc(O)ccc21)C(C)C. The summed E-state index contributed by atoms with van der Waals surface area (Å²) in [5.74, 6) is 0.916. The molecule has 2 rings (SSSR count). The number of fused-ring (bicyclic) bond motifs is 1. The molecule has 0 saturated heterocycles. The number of benzene rings is 1. The Balaban J connectivity index is 2.14. The molecule has 1 aromatic carbocycles. The molecule has 3 heteroatoms. The Bertz CT molecular complexity index is 417. The number of hydrogen-bond acceptors (Lipinski definition) is 3. The zero-order valence-corrected chi connectivity index (χ0v) is 12.1. The molecule has 2 unspecified atom stereocenters. The molecule has 1 aliphatic carbocycles. The molecule has 0 saturated carbocycles. The lowest BCUT2D eigenvalue weighted by atomic mass is 9.86. The molecule has 106 valence electrons. The van der Waals surface area contributed by atoms with Crippen LogP contribution in [0.3, 0.4) is 0 Å². The minimum absolute atomic E-state index is 0.370. The predicted octanol–water partition coefficient (Wildman–Crippen LogP) is 3.03. The van der Waals surface area contributed by atoms with Crippen LogP contribution in [0.4, 0.5) is 0 Å². The Morgan fingerprint density at radius 3 is 2.89 bits per heavy atom. The first-order valence-electron chi connectivity index (χ1n) is 7.18. The van der Waals surface area contributed by atoms with E-state index in [0.29, 0.717) is 23.8 Å². The van der Waals surface area contributed by atoms with Crippen LogP contribution in [0.15, 0.2) is 18.2 Å². The van der Waals surface area contributed by atoms with Crippen molar-refractivity contribution in [1.82, 2.24) is 5.32 Å². The third-order valence-corrected chi connectivity index (χ3v) is 4.01. The minimum Gasteiger partial charge on any atom is -0.508 e. The van der Waals surface area contributed by atoms with E-state index >= 15 is 0 Å². The molecule has 19 heavy (non-hydrogen) atoms. The number of ether oxygens (including phenoxy) is 1. The summed E-state index contributed by atoms with van der Waals surface area (Å²) in [6, 6.07) is 6.51. The van der Waals surface area contributed by atoms with E-state index in [-0.39, 0.29) is 0 Å². The molecule has 1 aromatic rings. The summed E-state index contributed by atoms with van der Waals surface area (Å²) in [4.78, 5) is 0. The summed E-state index contributed by atoms with van der Waals surface area (Å²) >= 11 is 0. The van der Waals surface area contributed by atoms with Gasteiger partial charge in [0.1, 0.15) is 5.75 Å². The van der Waals surface area contributed by atoms with Crippen molar-refractivity contribution in [1.29, 1.82) is 0 Å². The van der Waals surface area contributed by atoms with Crippen molar-refractivity contribution < 1.29 is 9.84 Å². The molecular formula is C16H25NO2. The van der Waals surface area contributed by atoms with Crippen LogP contribution < -0.4 is 5.32 Å². The molecule has 0 aromatic heterocycles. The van der Waals surface area contributed by atoms with Gasteiger partial charge in [-0.2, -0.15) is 0 Å².